The lowest BCUT2D eigenvalue weighted by molar-refractivity contribution is -0.122. The van der Waals surface area contributed by atoms with Gasteiger partial charge in [-0.25, -0.2) is 0 Å². The Hall–Kier alpha value is -2.86. The number of para-hydroxylation sites is 1. The first kappa shape index (κ1) is 19.9. The van der Waals surface area contributed by atoms with E-state index in [2.05, 4.69) is 10.6 Å². The van der Waals surface area contributed by atoms with E-state index in [1.807, 2.05) is 31.2 Å². The van der Waals surface area contributed by atoms with Crippen LogP contribution in [0.2, 0.25) is 0 Å². The van der Waals surface area contributed by atoms with Gasteiger partial charge in [0.05, 0.1) is 17.4 Å². The SMILES string of the molecule is Cc1ccc(O[C@H](C)C(=O)Nc2ccccc2C(=O)NC[C@H]2CCCO2)cc1. The van der Waals surface area contributed by atoms with E-state index in [1.54, 1.807) is 31.2 Å². The summed E-state index contributed by atoms with van der Waals surface area (Å²) in [4.78, 5) is 25.1. The van der Waals surface area contributed by atoms with Crippen LogP contribution >= 0.6 is 0 Å². The summed E-state index contributed by atoms with van der Waals surface area (Å²) in [6.45, 7) is 4.87. The summed E-state index contributed by atoms with van der Waals surface area (Å²) in [6, 6.07) is 14.4. The molecular weight excluding hydrogens is 356 g/mol. The van der Waals surface area contributed by atoms with Crippen molar-refractivity contribution >= 4 is 17.5 Å². The molecule has 1 heterocycles. The van der Waals surface area contributed by atoms with Crippen LogP contribution in [-0.4, -0.2) is 37.2 Å². The molecule has 1 aliphatic rings. The average molecular weight is 382 g/mol. The van der Waals surface area contributed by atoms with Gasteiger partial charge in [0.1, 0.15) is 5.75 Å². The normalized spacial score (nSPS) is 17.0. The van der Waals surface area contributed by atoms with Crippen molar-refractivity contribution in [3.63, 3.8) is 0 Å². The Morgan fingerprint density at radius 2 is 1.93 bits per heavy atom. The molecule has 0 aromatic heterocycles. The van der Waals surface area contributed by atoms with Crippen LogP contribution in [0.15, 0.2) is 48.5 Å². The van der Waals surface area contributed by atoms with Crippen LogP contribution in [0.4, 0.5) is 5.69 Å². The fourth-order valence-corrected chi connectivity index (χ4v) is 3.01. The number of rotatable bonds is 7. The molecule has 6 heteroatoms. The average Bonchev–Trinajstić information content (AvgIpc) is 3.22. The number of anilines is 1. The van der Waals surface area contributed by atoms with E-state index in [1.165, 1.54) is 0 Å². The van der Waals surface area contributed by atoms with Gasteiger partial charge >= 0.3 is 0 Å². The van der Waals surface area contributed by atoms with Crippen LogP contribution in [0.25, 0.3) is 0 Å². The van der Waals surface area contributed by atoms with Crippen LogP contribution in [0.1, 0.15) is 35.7 Å². The van der Waals surface area contributed by atoms with Crippen molar-refractivity contribution < 1.29 is 19.1 Å². The number of hydrogen-bond acceptors (Lipinski definition) is 4. The Balaban J connectivity index is 1.60. The van der Waals surface area contributed by atoms with E-state index in [0.29, 0.717) is 23.5 Å². The van der Waals surface area contributed by atoms with Crippen molar-refractivity contribution in [3.05, 3.63) is 59.7 Å². The maximum atomic E-state index is 12.5. The lowest BCUT2D eigenvalue weighted by Crippen LogP contribution is -2.34. The smallest absolute Gasteiger partial charge is 0.265 e. The third kappa shape index (κ3) is 5.33. The molecule has 148 valence electrons. The first-order valence-corrected chi connectivity index (χ1v) is 9.56. The van der Waals surface area contributed by atoms with E-state index in [9.17, 15) is 9.59 Å². The second-order valence-corrected chi connectivity index (χ2v) is 6.95. The van der Waals surface area contributed by atoms with Gasteiger partial charge in [-0.2, -0.15) is 0 Å². The number of hydrogen-bond donors (Lipinski definition) is 2. The van der Waals surface area contributed by atoms with Crippen molar-refractivity contribution in [2.24, 2.45) is 0 Å². The standard InChI is InChI=1S/C22H26N2O4/c1-15-9-11-17(12-10-15)28-16(2)21(25)24-20-8-4-3-7-19(20)22(26)23-14-18-6-5-13-27-18/h3-4,7-12,16,18H,5-6,13-14H2,1-2H3,(H,23,26)(H,24,25)/t16-,18-/m1/s1. The lowest BCUT2D eigenvalue weighted by Gasteiger charge is -2.17. The predicted octanol–water partition coefficient (Wildman–Crippen LogP) is 3.31. The van der Waals surface area contributed by atoms with E-state index in [4.69, 9.17) is 9.47 Å². The highest BCUT2D eigenvalue weighted by Crippen LogP contribution is 2.18. The first-order chi connectivity index (χ1) is 13.5. The van der Waals surface area contributed by atoms with Crippen molar-refractivity contribution in [1.82, 2.24) is 5.32 Å². The lowest BCUT2D eigenvalue weighted by atomic mass is 10.1. The molecule has 28 heavy (non-hydrogen) atoms. The minimum absolute atomic E-state index is 0.0636. The number of carbonyl (C=O) groups is 2. The van der Waals surface area contributed by atoms with E-state index in [-0.39, 0.29) is 17.9 Å². The van der Waals surface area contributed by atoms with Crippen molar-refractivity contribution in [1.29, 1.82) is 0 Å². The Kier molecular flexibility index (Phi) is 6.66. The molecule has 0 unspecified atom stereocenters. The molecule has 3 rings (SSSR count). The van der Waals surface area contributed by atoms with Gasteiger partial charge in [0, 0.05) is 13.2 Å². The molecule has 1 saturated heterocycles. The van der Waals surface area contributed by atoms with Gasteiger partial charge in [0.25, 0.3) is 11.8 Å². The summed E-state index contributed by atoms with van der Waals surface area (Å²) in [5.41, 5.74) is 1.99. The van der Waals surface area contributed by atoms with Crippen LogP contribution in [0.3, 0.4) is 0 Å². The van der Waals surface area contributed by atoms with E-state index < -0.39 is 6.10 Å². The number of amides is 2. The molecule has 6 nitrogen and oxygen atoms in total. The predicted molar refractivity (Wildman–Crippen MR) is 108 cm³/mol. The maximum absolute atomic E-state index is 12.5. The monoisotopic (exact) mass is 382 g/mol. The molecule has 1 aliphatic heterocycles. The molecule has 0 saturated carbocycles. The molecule has 2 N–H and O–H groups in total. The summed E-state index contributed by atoms with van der Waals surface area (Å²) in [6.07, 6.45) is 1.33. The topological polar surface area (TPSA) is 76.7 Å². The maximum Gasteiger partial charge on any atom is 0.265 e. The number of ether oxygens (including phenoxy) is 2. The highest BCUT2D eigenvalue weighted by molar-refractivity contribution is 6.04. The van der Waals surface area contributed by atoms with Crippen molar-refractivity contribution in [3.8, 4) is 5.75 Å². The molecule has 0 bridgehead atoms. The highest BCUT2D eigenvalue weighted by atomic mass is 16.5. The van der Waals surface area contributed by atoms with Gasteiger partial charge < -0.3 is 20.1 Å². The Labute approximate surface area is 165 Å². The van der Waals surface area contributed by atoms with Gasteiger partial charge in [-0.3, -0.25) is 9.59 Å². The fraction of sp³-hybridized carbons (Fsp3) is 0.364. The van der Waals surface area contributed by atoms with Gasteiger partial charge in [-0.1, -0.05) is 29.8 Å². The summed E-state index contributed by atoms with van der Waals surface area (Å²) in [5.74, 6) is 0.0642. The first-order valence-electron chi connectivity index (χ1n) is 9.56. The molecule has 2 atom stereocenters. The number of aryl methyl sites for hydroxylation is 1. The van der Waals surface area contributed by atoms with Crippen LogP contribution in [-0.2, 0) is 9.53 Å². The van der Waals surface area contributed by atoms with Gasteiger partial charge in [-0.05, 0) is 51.0 Å². The van der Waals surface area contributed by atoms with Crippen LogP contribution < -0.4 is 15.4 Å². The van der Waals surface area contributed by atoms with Gasteiger partial charge in [0.15, 0.2) is 6.10 Å². The Morgan fingerprint density at radius 1 is 1.18 bits per heavy atom. The fourth-order valence-electron chi connectivity index (χ4n) is 3.01. The van der Waals surface area contributed by atoms with Gasteiger partial charge in [-0.15, -0.1) is 0 Å². The quantitative estimate of drug-likeness (QED) is 0.770. The summed E-state index contributed by atoms with van der Waals surface area (Å²) >= 11 is 0. The van der Waals surface area contributed by atoms with Crippen LogP contribution in [0, 0.1) is 6.92 Å². The third-order valence-electron chi connectivity index (χ3n) is 4.65. The number of carbonyl (C=O) groups excluding carboxylic acids is 2. The van der Waals surface area contributed by atoms with Crippen molar-refractivity contribution in [2.45, 2.75) is 38.9 Å². The Morgan fingerprint density at radius 3 is 2.64 bits per heavy atom. The number of benzene rings is 2. The second-order valence-electron chi connectivity index (χ2n) is 6.95. The third-order valence-corrected chi connectivity index (χ3v) is 4.65. The molecule has 0 radical (unpaired) electrons. The summed E-state index contributed by atoms with van der Waals surface area (Å²) in [7, 11) is 0. The zero-order chi connectivity index (χ0) is 19.9. The molecule has 0 spiro atoms. The minimum atomic E-state index is -0.703. The largest absolute Gasteiger partial charge is 0.481 e. The molecule has 1 fully saturated rings. The van der Waals surface area contributed by atoms with Crippen molar-refractivity contribution in [2.75, 3.05) is 18.5 Å². The van der Waals surface area contributed by atoms with Crippen LogP contribution in [0.5, 0.6) is 5.75 Å². The van der Waals surface area contributed by atoms with Gasteiger partial charge in [0.2, 0.25) is 0 Å². The molecule has 0 aliphatic carbocycles. The summed E-state index contributed by atoms with van der Waals surface area (Å²) < 4.78 is 11.2. The van der Waals surface area contributed by atoms with E-state index >= 15 is 0 Å². The number of nitrogens with one attached hydrogen (secondary N) is 2. The zero-order valence-electron chi connectivity index (χ0n) is 16.2. The molecule has 2 amide bonds. The molecular formula is C22H26N2O4. The zero-order valence-corrected chi connectivity index (χ0v) is 16.2. The molecule has 2 aromatic rings. The molecule has 2 aromatic carbocycles. The second kappa shape index (κ2) is 9.37. The van der Waals surface area contributed by atoms with E-state index in [0.717, 1.165) is 25.0 Å². The Bertz CT molecular complexity index is 814. The minimum Gasteiger partial charge on any atom is -0.481 e. The highest BCUT2D eigenvalue weighted by Gasteiger charge is 2.20. The summed E-state index contributed by atoms with van der Waals surface area (Å²) in [5, 5.41) is 5.68.